The van der Waals surface area contributed by atoms with Gasteiger partial charge in [-0.1, -0.05) is 37.2 Å². The summed E-state index contributed by atoms with van der Waals surface area (Å²) in [6, 6.07) is 10.2. The average Bonchev–Trinajstić information content (AvgIpc) is 2.36. The Morgan fingerprint density at radius 3 is 2.47 bits per heavy atom. The van der Waals surface area contributed by atoms with Crippen molar-refractivity contribution in [1.82, 2.24) is 0 Å². The molecule has 4 heteroatoms. The minimum atomic E-state index is -0.294. The third-order valence-electron chi connectivity index (χ3n) is 3.07. The summed E-state index contributed by atoms with van der Waals surface area (Å²) in [5.41, 5.74) is 6.53. The molecule has 0 aliphatic carbocycles. The highest BCUT2D eigenvalue weighted by Crippen LogP contribution is 2.22. The zero-order valence-corrected chi connectivity index (χ0v) is 10.7. The van der Waals surface area contributed by atoms with Gasteiger partial charge < -0.3 is 15.8 Å². The van der Waals surface area contributed by atoms with E-state index in [1.807, 2.05) is 39.1 Å². The Bertz CT molecular complexity index is 374. The first kappa shape index (κ1) is 13.4. The molecule has 0 aliphatic heterocycles. The molecule has 0 saturated heterocycles. The van der Waals surface area contributed by atoms with E-state index in [1.54, 1.807) is 0 Å². The third kappa shape index (κ3) is 3.66. The largest absolute Gasteiger partial charge is 0.409 e. The molecule has 1 rings (SSSR count). The Hall–Kier alpha value is -1.71. The van der Waals surface area contributed by atoms with Crippen LogP contribution in [-0.4, -0.2) is 24.6 Å². The van der Waals surface area contributed by atoms with Gasteiger partial charge in [0.05, 0.1) is 0 Å². The summed E-state index contributed by atoms with van der Waals surface area (Å²) in [6.07, 6.45) is 0.828. The van der Waals surface area contributed by atoms with Crippen LogP contribution in [0.1, 0.15) is 20.3 Å². The molecule has 0 spiro atoms. The fraction of sp³-hybridized carbons (Fsp3) is 0.462. The van der Waals surface area contributed by atoms with Gasteiger partial charge in [0.25, 0.3) is 0 Å². The van der Waals surface area contributed by atoms with Crippen molar-refractivity contribution in [2.75, 3.05) is 18.5 Å². The topological polar surface area (TPSA) is 61.8 Å². The van der Waals surface area contributed by atoms with Gasteiger partial charge in [-0.05, 0) is 18.6 Å². The van der Waals surface area contributed by atoms with Crippen molar-refractivity contribution in [2.45, 2.75) is 20.3 Å². The number of nitrogens with zero attached hydrogens (tertiary/aromatic N) is 2. The SMILES string of the molecule is CN(CCC(C)(C)C(N)=NO)c1ccccc1. The van der Waals surface area contributed by atoms with Crippen molar-refractivity contribution in [2.24, 2.45) is 16.3 Å². The van der Waals surface area contributed by atoms with Crippen LogP contribution in [0.2, 0.25) is 0 Å². The molecule has 1 aromatic rings. The Morgan fingerprint density at radius 1 is 1.35 bits per heavy atom. The van der Waals surface area contributed by atoms with E-state index in [0.717, 1.165) is 13.0 Å². The number of rotatable bonds is 5. The molecule has 0 saturated carbocycles. The van der Waals surface area contributed by atoms with Crippen molar-refractivity contribution < 1.29 is 5.21 Å². The number of nitrogens with two attached hydrogens (primary N) is 1. The van der Waals surface area contributed by atoms with E-state index in [2.05, 4.69) is 22.2 Å². The van der Waals surface area contributed by atoms with E-state index in [9.17, 15) is 0 Å². The lowest BCUT2D eigenvalue weighted by Crippen LogP contribution is -2.35. The summed E-state index contributed by atoms with van der Waals surface area (Å²) >= 11 is 0. The van der Waals surface area contributed by atoms with Crippen LogP contribution in [0.4, 0.5) is 5.69 Å². The van der Waals surface area contributed by atoms with Gasteiger partial charge in [-0.25, -0.2) is 0 Å². The van der Waals surface area contributed by atoms with Gasteiger partial charge in [0.1, 0.15) is 5.84 Å². The third-order valence-corrected chi connectivity index (χ3v) is 3.07. The second kappa shape index (κ2) is 5.57. The van der Waals surface area contributed by atoms with Gasteiger partial charge in [0.2, 0.25) is 0 Å². The minimum Gasteiger partial charge on any atom is -0.409 e. The van der Waals surface area contributed by atoms with Crippen molar-refractivity contribution >= 4 is 11.5 Å². The number of oxime groups is 1. The van der Waals surface area contributed by atoms with Crippen molar-refractivity contribution in [3.05, 3.63) is 30.3 Å². The molecule has 0 unspecified atom stereocenters. The molecule has 0 heterocycles. The second-order valence-corrected chi connectivity index (χ2v) is 4.88. The quantitative estimate of drug-likeness (QED) is 0.356. The van der Waals surface area contributed by atoms with Crippen molar-refractivity contribution in [3.63, 3.8) is 0 Å². The zero-order valence-electron chi connectivity index (χ0n) is 10.7. The molecule has 0 amide bonds. The highest BCUT2D eigenvalue weighted by Gasteiger charge is 2.23. The molecule has 94 valence electrons. The molecule has 0 bridgehead atoms. The lowest BCUT2D eigenvalue weighted by Gasteiger charge is -2.27. The maximum Gasteiger partial charge on any atom is 0.144 e. The summed E-state index contributed by atoms with van der Waals surface area (Å²) in [5.74, 6) is 0.277. The van der Waals surface area contributed by atoms with Gasteiger partial charge >= 0.3 is 0 Å². The monoisotopic (exact) mass is 235 g/mol. The first-order chi connectivity index (χ1) is 7.97. The van der Waals surface area contributed by atoms with Crippen LogP contribution in [0, 0.1) is 5.41 Å². The molecular formula is C13H21N3O. The van der Waals surface area contributed by atoms with Crippen LogP contribution in [0.5, 0.6) is 0 Å². The number of hydrogen-bond acceptors (Lipinski definition) is 3. The van der Waals surface area contributed by atoms with Crippen molar-refractivity contribution in [1.29, 1.82) is 0 Å². The van der Waals surface area contributed by atoms with E-state index >= 15 is 0 Å². The summed E-state index contributed by atoms with van der Waals surface area (Å²) in [4.78, 5) is 2.16. The predicted octanol–water partition coefficient (Wildman–Crippen LogP) is 2.29. The van der Waals surface area contributed by atoms with E-state index in [4.69, 9.17) is 10.9 Å². The molecule has 1 aromatic carbocycles. The standard InChI is InChI=1S/C13H21N3O/c1-13(2,12(14)15-17)9-10-16(3)11-7-5-4-6-8-11/h4-8,17H,9-10H2,1-3H3,(H2,14,15). The number of benzene rings is 1. The summed E-state index contributed by atoms with van der Waals surface area (Å²) in [5, 5.41) is 11.8. The highest BCUT2D eigenvalue weighted by atomic mass is 16.4. The number of para-hydroxylation sites is 1. The Kier molecular flexibility index (Phi) is 4.37. The van der Waals surface area contributed by atoms with Crippen LogP contribution >= 0.6 is 0 Å². The fourth-order valence-electron chi connectivity index (χ4n) is 1.52. The Morgan fingerprint density at radius 2 is 1.94 bits per heavy atom. The van der Waals surface area contributed by atoms with Gasteiger partial charge in [0.15, 0.2) is 0 Å². The van der Waals surface area contributed by atoms with Crippen LogP contribution in [0.15, 0.2) is 35.5 Å². The zero-order chi connectivity index (χ0) is 12.9. The van der Waals surface area contributed by atoms with E-state index in [-0.39, 0.29) is 11.3 Å². The molecular weight excluding hydrogens is 214 g/mol. The Balaban J connectivity index is 2.57. The summed E-state index contributed by atoms with van der Waals surface area (Å²) < 4.78 is 0. The van der Waals surface area contributed by atoms with Crippen LogP contribution in [0.3, 0.4) is 0 Å². The maximum atomic E-state index is 8.70. The number of amidine groups is 1. The Labute approximate surface area is 103 Å². The van der Waals surface area contributed by atoms with Gasteiger partial charge in [-0.3, -0.25) is 0 Å². The molecule has 17 heavy (non-hydrogen) atoms. The molecule has 0 aliphatic rings. The molecule has 0 fully saturated rings. The van der Waals surface area contributed by atoms with E-state index in [0.29, 0.717) is 0 Å². The van der Waals surface area contributed by atoms with E-state index < -0.39 is 0 Å². The molecule has 0 atom stereocenters. The molecule has 3 N–H and O–H groups in total. The van der Waals surface area contributed by atoms with Gasteiger partial charge in [-0.2, -0.15) is 0 Å². The number of anilines is 1. The van der Waals surface area contributed by atoms with E-state index in [1.165, 1.54) is 5.69 Å². The first-order valence-corrected chi connectivity index (χ1v) is 5.71. The molecule has 0 aromatic heterocycles. The highest BCUT2D eigenvalue weighted by molar-refractivity contribution is 5.85. The molecule has 0 radical (unpaired) electrons. The summed E-state index contributed by atoms with van der Waals surface area (Å²) in [7, 11) is 2.04. The second-order valence-electron chi connectivity index (χ2n) is 4.88. The van der Waals surface area contributed by atoms with Crippen molar-refractivity contribution in [3.8, 4) is 0 Å². The lowest BCUT2D eigenvalue weighted by molar-refractivity contribution is 0.306. The molecule has 4 nitrogen and oxygen atoms in total. The first-order valence-electron chi connectivity index (χ1n) is 5.71. The van der Waals surface area contributed by atoms with Crippen LogP contribution < -0.4 is 10.6 Å². The lowest BCUT2D eigenvalue weighted by atomic mass is 9.88. The van der Waals surface area contributed by atoms with Crippen LogP contribution in [0.25, 0.3) is 0 Å². The normalized spacial score (nSPS) is 12.5. The average molecular weight is 235 g/mol. The smallest absolute Gasteiger partial charge is 0.144 e. The van der Waals surface area contributed by atoms with Gasteiger partial charge in [-0.15, -0.1) is 0 Å². The van der Waals surface area contributed by atoms with Crippen LogP contribution in [-0.2, 0) is 0 Å². The fourth-order valence-corrected chi connectivity index (χ4v) is 1.52. The maximum absolute atomic E-state index is 8.70. The number of hydrogen-bond donors (Lipinski definition) is 2. The minimum absolute atomic E-state index is 0.277. The predicted molar refractivity (Wildman–Crippen MR) is 71.5 cm³/mol. The van der Waals surface area contributed by atoms with Gasteiger partial charge in [0, 0.05) is 24.7 Å². The summed E-state index contributed by atoms with van der Waals surface area (Å²) in [6.45, 7) is 4.80.